The van der Waals surface area contributed by atoms with E-state index >= 15 is 0 Å². The van der Waals surface area contributed by atoms with E-state index in [0.29, 0.717) is 5.92 Å². The van der Waals surface area contributed by atoms with Gasteiger partial charge in [0.15, 0.2) is 0 Å². The second-order valence-electron chi connectivity index (χ2n) is 7.00. The summed E-state index contributed by atoms with van der Waals surface area (Å²) < 4.78 is 0. The first-order chi connectivity index (χ1) is 9.16. The number of benzene rings is 1. The van der Waals surface area contributed by atoms with Crippen LogP contribution in [0.2, 0.25) is 0 Å². The number of hydrogen-bond acceptors (Lipinski definition) is 0. The summed E-state index contributed by atoms with van der Waals surface area (Å²) in [7, 11) is 0. The summed E-state index contributed by atoms with van der Waals surface area (Å²) in [5.41, 5.74) is 3.03. The summed E-state index contributed by atoms with van der Waals surface area (Å²) in [5.74, 6) is 4.15. The topological polar surface area (TPSA) is 0 Å². The van der Waals surface area contributed by atoms with Gasteiger partial charge in [-0.05, 0) is 47.6 Å². The Balaban J connectivity index is 1.90. The minimum absolute atomic E-state index is 0.673. The molecule has 1 fully saturated rings. The van der Waals surface area contributed by atoms with E-state index in [9.17, 15) is 0 Å². The van der Waals surface area contributed by atoms with E-state index in [4.69, 9.17) is 0 Å². The van der Waals surface area contributed by atoms with Crippen molar-refractivity contribution in [3.8, 4) is 0 Å². The zero-order valence-corrected chi connectivity index (χ0v) is 12.5. The minimum Gasteiger partial charge on any atom is -0.0761 e. The molecule has 0 amide bonds. The Kier molecular flexibility index (Phi) is 3.52. The smallest absolute Gasteiger partial charge is 0.00583 e. The van der Waals surface area contributed by atoms with Gasteiger partial charge in [-0.25, -0.2) is 0 Å². The highest BCUT2D eigenvalue weighted by atomic mass is 14.4. The zero-order chi connectivity index (χ0) is 13.4. The Labute approximate surface area is 117 Å². The predicted octanol–water partition coefficient (Wildman–Crippen LogP) is 5.51. The largest absolute Gasteiger partial charge is 0.0761 e. The summed E-state index contributed by atoms with van der Waals surface area (Å²) in [6.45, 7) is 7.27. The summed E-state index contributed by atoms with van der Waals surface area (Å²) in [6, 6.07) is 8.98. The number of fused-ring (bicyclic) bond motifs is 1. The van der Waals surface area contributed by atoms with Gasteiger partial charge in [-0.1, -0.05) is 63.6 Å². The van der Waals surface area contributed by atoms with Crippen LogP contribution in [0.15, 0.2) is 30.3 Å². The molecule has 0 N–H and O–H groups in total. The lowest BCUT2D eigenvalue weighted by atomic mass is 9.64. The van der Waals surface area contributed by atoms with Gasteiger partial charge in [0.05, 0.1) is 0 Å². The van der Waals surface area contributed by atoms with E-state index in [1.807, 2.05) is 0 Å². The Morgan fingerprint density at radius 2 is 1.89 bits per heavy atom. The molecule has 1 saturated carbocycles. The van der Waals surface area contributed by atoms with Gasteiger partial charge >= 0.3 is 0 Å². The fraction of sp³-hybridized carbons (Fsp3) is 0.579. The fourth-order valence-corrected chi connectivity index (χ4v) is 4.34. The fourth-order valence-electron chi connectivity index (χ4n) is 4.34. The molecule has 2 aliphatic carbocycles. The third kappa shape index (κ3) is 2.38. The van der Waals surface area contributed by atoms with Crippen molar-refractivity contribution in [3.63, 3.8) is 0 Å². The SMILES string of the molecule is CC(C)C1CC[C@H](C)C[C@@H]1C1C=Cc2ccccc21. The van der Waals surface area contributed by atoms with Crippen LogP contribution in [0.4, 0.5) is 0 Å². The van der Waals surface area contributed by atoms with Gasteiger partial charge in [-0.3, -0.25) is 0 Å². The summed E-state index contributed by atoms with van der Waals surface area (Å²) in [6.07, 6.45) is 9.08. The molecule has 0 heteroatoms. The maximum absolute atomic E-state index is 2.47. The summed E-state index contributed by atoms with van der Waals surface area (Å²) in [4.78, 5) is 0. The maximum Gasteiger partial charge on any atom is 0.00583 e. The van der Waals surface area contributed by atoms with Gasteiger partial charge in [0.2, 0.25) is 0 Å². The number of hydrogen-bond donors (Lipinski definition) is 0. The van der Waals surface area contributed by atoms with Crippen molar-refractivity contribution >= 4 is 6.08 Å². The van der Waals surface area contributed by atoms with Crippen LogP contribution in [0.5, 0.6) is 0 Å². The lowest BCUT2D eigenvalue weighted by Crippen LogP contribution is -2.31. The van der Waals surface area contributed by atoms with Crippen LogP contribution in [-0.4, -0.2) is 0 Å². The number of allylic oxidation sites excluding steroid dienone is 1. The van der Waals surface area contributed by atoms with Crippen molar-refractivity contribution in [2.45, 2.75) is 46.0 Å². The van der Waals surface area contributed by atoms with E-state index in [2.05, 4.69) is 57.2 Å². The second kappa shape index (κ2) is 5.15. The highest BCUT2D eigenvalue weighted by Gasteiger charge is 2.37. The second-order valence-corrected chi connectivity index (χ2v) is 7.00. The third-order valence-corrected chi connectivity index (χ3v) is 5.37. The Hall–Kier alpha value is -1.04. The average molecular weight is 254 g/mol. The monoisotopic (exact) mass is 254 g/mol. The predicted molar refractivity (Wildman–Crippen MR) is 83.1 cm³/mol. The molecule has 1 aromatic carbocycles. The standard InChI is InChI=1S/C19H26/c1-13(2)16-10-8-14(3)12-19(16)18-11-9-15-6-4-5-7-17(15)18/h4-7,9,11,13-14,16,18-19H,8,10,12H2,1-3H3/t14-,16?,18?,19-/m0/s1. The average Bonchev–Trinajstić information content (AvgIpc) is 2.82. The lowest BCUT2D eigenvalue weighted by Gasteiger charge is -2.40. The van der Waals surface area contributed by atoms with Gasteiger partial charge in [0, 0.05) is 5.92 Å². The molecule has 0 saturated heterocycles. The Morgan fingerprint density at radius 1 is 1.11 bits per heavy atom. The third-order valence-electron chi connectivity index (χ3n) is 5.37. The van der Waals surface area contributed by atoms with Gasteiger partial charge in [-0.2, -0.15) is 0 Å². The minimum atomic E-state index is 0.673. The summed E-state index contributed by atoms with van der Waals surface area (Å²) in [5, 5.41) is 0. The van der Waals surface area contributed by atoms with E-state index in [0.717, 1.165) is 23.7 Å². The first-order valence-corrected chi connectivity index (χ1v) is 7.94. The van der Waals surface area contributed by atoms with Crippen molar-refractivity contribution in [3.05, 3.63) is 41.5 Å². The molecule has 0 aliphatic heterocycles. The highest BCUT2D eigenvalue weighted by molar-refractivity contribution is 5.62. The molecule has 2 aliphatic rings. The van der Waals surface area contributed by atoms with E-state index in [1.165, 1.54) is 24.8 Å². The molecule has 2 unspecified atom stereocenters. The van der Waals surface area contributed by atoms with Crippen LogP contribution in [0.25, 0.3) is 6.08 Å². The van der Waals surface area contributed by atoms with E-state index in [-0.39, 0.29) is 0 Å². The maximum atomic E-state index is 2.47. The quantitative estimate of drug-likeness (QED) is 0.653. The molecule has 0 bridgehead atoms. The van der Waals surface area contributed by atoms with Crippen molar-refractivity contribution < 1.29 is 0 Å². The summed E-state index contributed by atoms with van der Waals surface area (Å²) >= 11 is 0. The van der Waals surface area contributed by atoms with Gasteiger partial charge in [0.25, 0.3) is 0 Å². The zero-order valence-electron chi connectivity index (χ0n) is 12.5. The Bertz CT molecular complexity index is 469. The molecule has 0 nitrogen and oxygen atoms in total. The molecular weight excluding hydrogens is 228 g/mol. The molecule has 0 radical (unpaired) electrons. The van der Waals surface area contributed by atoms with E-state index < -0.39 is 0 Å². The molecular formula is C19H26. The normalized spacial score (nSPS) is 33.7. The van der Waals surface area contributed by atoms with Crippen molar-refractivity contribution in [2.24, 2.45) is 23.7 Å². The molecule has 1 aromatic rings. The van der Waals surface area contributed by atoms with Crippen molar-refractivity contribution in [1.82, 2.24) is 0 Å². The lowest BCUT2D eigenvalue weighted by molar-refractivity contribution is 0.133. The van der Waals surface area contributed by atoms with Crippen molar-refractivity contribution in [2.75, 3.05) is 0 Å². The van der Waals surface area contributed by atoms with Crippen LogP contribution < -0.4 is 0 Å². The van der Waals surface area contributed by atoms with Crippen LogP contribution in [-0.2, 0) is 0 Å². The molecule has 102 valence electrons. The van der Waals surface area contributed by atoms with E-state index in [1.54, 1.807) is 5.56 Å². The van der Waals surface area contributed by atoms with Crippen molar-refractivity contribution in [1.29, 1.82) is 0 Å². The molecule has 0 heterocycles. The molecule has 4 atom stereocenters. The van der Waals surface area contributed by atoms with Crippen LogP contribution >= 0.6 is 0 Å². The first kappa shape index (κ1) is 13.0. The van der Waals surface area contributed by atoms with Crippen LogP contribution in [0.3, 0.4) is 0 Å². The molecule has 0 aromatic heterocycles. The first-order valence-electron chi connectivity index (χ1n) is 7.94. The molecule has 19 heavy (non-hydrogen) atoms. The Morgan fingerprint density at radius 3 is 2.68 bits per heavy atom. The number of rotatable bonds is 2. The van der Waals surface area contributed by atoms with Gasteiger partial charge in [0.1, 0.15) is 0 Å². The highest BCUT2D eigenvalue weighted by Crippen LogP contribution is 2.48. The molecule has 0 spiro atoms. The van der Waals surface area contributed by atoms with Crippen LogP contribution in [0, 0.1) is 23.7 Å². The van der Waals surface area contributed by atoms with Gasteiger partial charge in [-0.15, -0.1) is 0 Å². The van der Waals surface area contributed by atoms with Gasteiger partial charge < -0.3 is 0 Å². The molecule has 3 rings (SSSR count). The van der Waals surface area contributed by atoms with Crippen LogP contribution in [0.1, 0.15) is 57.1 Å².